The molecule has 0 N–H and O–H groups in total. The molecule has 6 heteroatoms. The maximum atomic E-state index is 13.2. The van der Waals surface area contributed by atoms with Crippen molar-refractivity contribution in [3.05, 3.63) is 35.4 Å². The second-order valence-corrected chi connectivity index (χ2v) is 7.83. The number of fused-ring (bicyclic) bond motifs is 1. The van der Waals surface area contributed by atoms with Gasteiger partial charge in [-0.1, -0.05) is 32.0 Å². The normalized spacial score (nSPS) is 18.6. The lowest BCUT2D eigenvalue weighted by atomic mass is 9.92. The Morgan fingerprint density at radius 2 is 1.85 bits per heavy atom. The molecule has 1 aromatic carbocycles. The van der Waals surface area contributed by atoms with Crippen molar-refractivity contribution in [1.29, 1.82) is 0 Å². The van der Waals surface area contributed by atoms with Crippen LogP contribution in [-0.4, -0.2) is 53.8 Å². The molecule has 2 amide bonds. The van der Waals surface area contributed by atoms with Crippen molar-refractivity contribution in [2.24, 2.45) is 11.8 Å². The molecule has 2 heterocycles. The van der Waals surface area contributed by atoms with Gasteiger partial charge in [0.15, 0.2) is 0 Å². The number of esters is 1. The van der Waals surface area contributed by atoms with Gasteiger partial charge in [0, 0.05) is 31.6 Å². The number of carbonyl (C=O) groups is 3. The number of likely N-dealkylation sites (tertiary alicyclic amines) is 1. The van der Waals surface area contributed by atoms with E-state index in [9.17, 15) is 14.4 Å². The molecule has 1 atom stereocenters. The molecule has 1 saturated heterocycles. The number of rotatable bonds is 5. The van der Waals surface area contributed by atoms with Crippen molar-refractivity contribution in [1.82, 2.24) is 9.80 Å². The fraction of sp³-hybridized carbons (Fsp3) is 0.571. The van der Waals surface area contributed by atoms with Crippen LogP contribution in [0.25, 0.3) is 0 Å². The summed E-state index contributed by atoms with van der Waals surface area (Å²) in [6.07, 6.45) is 1.99. The van der Waals surface area contributed by atoms with Crippen LogP contribution in [0.1, 0.15) is 49.0 Å². The maximum absolute atomic E-state index is 13.2. The summed E-state index contributed by atoms with van der Waals surface area (Å²) in [6.45, 7) is 5.71. The molecular formula is C21H28N2O4. The van der Waals surface area contributed by atoms with E-state index in [4.69, 9.17) is 4.74 Å². The molecular weight excluding hydrogens is 344 g/mol. The van der Waals surface area contributed by atoms with Crippen molar-refractivity contribution in [2.45, 2.75) is 45.7 Å². The minimum Gasteiger partial charge on any atom is -0.469 e. The summed E-state index contributed by atoms with van der Waals surface area (Å²) in [5.41, 5.74) is 1.69. The van der Waals surface area contributed by atoms with Crippen LogP contribution in [0, 0.1) is 11.8 Å². The molecule has 3 rings (SSSR count). The molecule has 146 valence electrons. The highest BCUT2D eigenvalue weighted by atomic mass is 16.5. The number of benzene rings is 1. The number of piperidine rings is 1. The van der Waals surface area contributed by atoms with Crippen LogP contribution in [-0.2, 0) is 20.9 Å². The molecule has 0 bridgehead atoms. The molecule has 0 radical (unpaired) electrons. The fourth-order valence-electron chi connectivity index (χ4n) is 4.14. The number of carbonyl (C=O) groups excluding carboxylic acids is 3. The van der Waals surface area contributed by atoms with Crippen LogP contribution in [0.2, 0.25) is 0 Å². The second kappa shape index (κ2) is 8.11. The summed E-state index contributed by atoms with van der Waals surface area (Å²) in [7, 11) is 1.40. The first-order chi connectivity index (χ1) is 12.9. The van der Waals surface area contributed by atoms with E-state index in [2.05, 4.69) is 0 Å². The lowest BCUT2D eigenvalue weighted by Crippen LogP contribution is -2.53. The Kier molecular flexibility index (Phi) is 5.82. The van der Waals surface area contributed by atoms with Crippen LogP contribution in [0.4, 0.5) is 0 Å². The molecule has 0 spiro atoms. The predicted octanol–water partition coefficient (Wildman–Crippen LogP) is 2.47. The fourth-order valence-corrected chi connectivity index (χ4v) is 4.14. The van der Waals surface area contributed by atoms with Gasteiger partial charge in [0.2, 0.25) is 5.91 Å². The Morgan fingerprint density at radius 1 is 1.19 bits per heavy atom. The number of methoxy groups -OCH3 is 1. The smallest absolute Gasteiger partial charge is 0.305 e. The summed E-state index contributed by atoms with van der Waals surface area (Å²) >= 11 is 0. The lowest BCUT2D eigenvalue weighted by Gasteiger charge is -2.38. The van der Waals surface area contributed by atoms with Gasteiger partial charge < -0.3 is 14.5 Å². The van der Waals surface area contributed by atoms with Crippen molar-refractivity contribution in [3.63, 3.8) is 0 Å². The molecule has 6 nitrogen and oxygen atoms in total. The average molecular weight is 372 g/mol. The van der Waals surface area contributed by atoms with Gasteiger partial charge in [0.25, 0.3) is 5.91 Å². The molecule has 0 aromatic heterocycles. The van der Waals surface area contributed by atoms with Crippen LogP contribution in [0.5, 0.6) is 0 Å². The van der Waals surface area contributed by atoms with E-state index in [-0.39, 0.29) is 29.6 Å². The SMILES string of the molecule is COC(=O)CC1CCN(C(=O)C(C(C)C)N2Cc3ccccc3C2=O)CC1. The van der Waals surface area contributed by atoms with Gasteiger partial charge >= 0.3 is 5.97 Å². The largest absolute Gasteiger partial charge is 0.469 e. The average Bonchev–Trinajstić information content (AvgIpc) is 2.98. The van der Waals surface area contributed by atoms with Gasteiger partial charge in [-0.2, -0.15) is 0 Å². The monoisotopic (exact) mass is 372 g/mol. The summed E-state index contributed by atoms with van der Waals surface area (Å²) in [5, 5.41) is 0. The molecule has 2 aliphatic heterocycles. The number of hydrogen-bond acceptors (Lipinski definition) is 4. The summed E-state index contributed by atoms with van der Waals surface area (Å²) in [5.74, 6) is 0.0568. The number of hydrogen-bond donors (Lipinski definition) is 0. The van der Waals surface area contributed by atoms with E-state index in [1.54, 1.807) is 4.90 Å². The summed E-state index contributed by atoms with van der Waals surface area (Å²) in [6, 6.07) is 7.11. The Labute approximate surface area is 160 Å². The number of nitrogens with zero attached hydrogens (tertiary/aromatic N) is 2. The minimum atomic E-state index is -0.456. The zero-order valence-corrected chi connectivity index (χ0v) is 16.3. The molecule has 1 fully saturated rings. The quantitative estimate of drug-likeness (QED) is 0.745. The Morgan fingerprint density at radius 3 is 2.44 bits per heavy atom. The van der Waals surface area contributed by atoms with Crippen LogP contribution in [0.3, 0.4) is 0 Å². The van der Waals surface area contributed by atoms with Crippen LogP contribution in [0.15, 0.2) is 24.3 Å². The third-order valence-corrected chi connectivity index (χ3v) is 5.68. The zero-order chi connectivity index (χ0) is 19.6. The van der Waals surface area contributed by atoms with Crippen molar-refractivity contribution in [2.75, 3.05) is 20.2 Å². The van der Waals surface area contributed by atoms with Gasteiger partial charge in [-0.3, -0.25) is 14.4 Å². The van der Waals surface area contributed by atoms with E-state index in [0.29, 0.717) is 31.6 Å². The first-order valence-corrected chi connectivity index (χ1v) is 9.66. The van der Waals surface area contributed by atoms with Crippen LogP contribution < -0.4 is 0 Å². The maximum Gasteiger partial charge on any atom is 0.305 e. The minimum absolute atomic E-state index is 0.0164. The highest BCUT2D eigenvalue weighted by Gasteiger charge is 2.40. The predicted molar refractivity (Wildman–Crippen MR) is 101 cm³/mol. The molecule has 2 aliphatic rings. The van der Waals surface area contributed by atoms with E-state index in [1.807, 2.05) is 43.0 Å². The molecule has 1 aromatic rings. The van der Waals surface area contributed by atoms with E-state index in [1.165, 1.54) is 7.11 Å². The van der Waals surface area contributed by atoms with Crippen molar-refractivity contribution in [3.8, 4) is 0 Å². The number of amides is 2. The van der Waals surface area contributed by atoms with Gasteiger partial charge in [-0.15, -0.1) is 0 Å². The first kappa shape index (κ1) is 19.4. The zero-order valence-electron chi connectivity index (χ0n) is 16.3. The Bertz CT molecular complexity index is 723. The summed E-state index contributed by atoms with van der Waals surface area (Å²) in [4.78, 5) is 41.1. The number of ether oxygens (including phenoxy) is 1. The Hall–Kier alpha value is -2.37. The van der Waals surface area contributed by atoms with Gasteiger partial charge in [0.05, 0.1) is 7.11 Å². The molecule has 0 aliphatic carbocycles. The highest BCUT2D eigenvalue weighted by Crippen LogP contribution is 2.29. The third-order valence-electron chi connectivity index (χ3n) is 5.68. The van der Waals surface area contributed by atoms with E-state index < -0.39 is 6.04 Å². The highest BCUT2D eigenvalue weighted by molar-refractivity contribution is 6.01. The van der Waals surface area contributed by atoms with E-state index in [0.717, 1.165) is 18.4 Å². The van der Waals surface area contributed by atoms with Crippen molar-refractivity contribution >= 4 is 17.8 Å². The van der Waals surface area contributed by atoms with Gasteiger partial charge in [-0.25, -0.2) is 0 Å². The first-order valence-electron chi connectivity index (χ1n) is 9.66. The third kappa shape index (κ3) is 3.99. The molecule has 0 saturated carbocycles. The Balaban J connectivity index is 1.67. The van der Waals surface area contributed by atoms with Crippen molar-refractivity contribution < 1.29 is 19.1 Å². The lowest BCUT2D eigenvalue weighted by molar-refractivity contribution is -0.142. The van der Waals surface area contributed by atoms with Gasteiger partial charge in [0.1, 0.15) is 6.04 Å². The molecule has 1 unspecified atom stereocenters. The standard InChI is InChI=1S/C21H28N2O4/c1-14(2)19(23-13-16-6-4-5-7-17(16)20(23)25)21(26)22-10-8-15(9-11-22)12-18(24)27-3/h4-7,14-15,19H,8-13H2,1-3H3. The van der Waals surface area contributed by atoms with Crippen LogP contribution >= 0.6 is 0 Å². The molecule has 27 heavy (non-hydrogen) atoms. The van der Waals surface area contributed by atoms with E-state index >= 15 is 0 Å². The topological polar surface area (TPSA) is 66.9 Å². The second-order valence-electron chi connectivity index (χ2n) is 7.83. The van der Waals surface area contributed by atoms with Gasteiger partial charge in [-0.05, 0) is 36.3 Å². The summed E-state index contributed by atoms with van der Waals surface area (Å²) < 4.78 is 4.74.